The van der Waals surface area contributed by atoms with Crippen molar-refractivity contribution < 1.29 is 19.4 Å². The Morgan fingerprint density at radius 1 is 1.34 bits per heavy atom. The first-order valence-corrected chi connectivity index (χ1v) is 12.6. The third kappa shape index (κ3) is 6.41. The summed E-state index contributed by atoms with van der Waals surface area (Å²) in [7, 11) is 0. The molecule has 3 aliphatic rings. The molecule has 2 unspecified atom stereocenters. The van der Waals surface area contributed by atoms with Crippen LogP contribution in [0.5, 0.6) is 5.75 Å². The summed E-state index contributed by atoms with van der Waals surface area (Å²) in [6.07, 6.45) is 12.0. The number of likely N-dealkylation sites (tertiary alicyclic amines) is 1. The van der Waals surface area contributed by atoms with Crippen LogP contribution in [0.4, 0.5) is 0 Å². The number of aliphatic hydroxyl groups is 1. The monoisotopic (exact) mass is 517 g/mol. The van der Waals surface area contributed by atoms with E-state index in [-0.39, 0.29) is 29.8 Å². The van der Waals surface area contributed by atoms with Crippen molar-refractivity contribution in [3.8, 4) is 5.75 Å². The molecule has 2 heterocycles. The number of hydrogen-bond acceptors (Lipinski definition) is 7. The summed E-state index contributed by atoms with van der Waals surface area (Å²) in [6.45, 7) is 8.29. The number of amides is 2. The minimum Gasteiger partial charge on any atom is -0.457 e. The molecule has 9 heteroatoms. The molecule has 0 aromatic heterocycles. The Morgan fingerprint density at radius 2 is 2.13 bits per heavy atom. The zero-order valence-electron chi connectivity index (χ0n) is 22.2. The minimum atomic E-state index is -0.950. The van der Waals surface area contributed by atoms with Gasteiger partial charge in [0, 0.05) is 42.9 Å². The molecular formula is C29H35N5O4. The van der Waals surface area contributed by atoms with Crippen LogP contribution in [0.1, 0.15) is 38.3 Å². The number of rotatable bonds is 7. The highest BCUT2D eigenvalue weighted by Gasteiger charge is 2.33. The number of dihydropyridines is 1. The number of ether oxygens (including phenoxy) is 1. The fourth-order valence-corrected chi connectivity index (χ4v) is 4.30. The predicted octanol–water partition coefficient (Wildman–Crippen LogP) is 2.49. The van der Waals surface area contributed by atoms with Gasteiger partial charge in [-0.05, 0) is 63.1 Å². The van der Waals surface area contributed by atoms with Gasteiger partial charge in [0.15, 0.2) is 0 Å². The van der Waals surface area contributed by atoms with E-state index in [0.29, 0.717) is 30.2 Å². The van der Waals surface area contributed by atoms with Crippen molar-refractivity contribution in [3.63, 3.8) is 0 Å². The van der Waals surface area contributed by atoms with Gasteiger partial charge >= 0.3 is 0 Å². The SMILES string of the molecule is Cc1cc(CC(=O)N/C(C=NC(C)(C)C)=C/N)ccc1OC1=C2C=C(N3CCC(O)C3=O)C=CC2NC=C1. The van der Waals surface area contributed by atoms with Gasteiger partial charge in [0.1, 0.15) is 17.6 Å². The molecule has 1 aromatic carbocycles. The van der Waals surface area contributed by atoms with Crippen LogP contribution in [0.3, 0.4) is 0 Å². The normalized spacial score (nSPS) is 21.5. The van der Waals surface area contributed by atoms with Gasteiger partial charge < -0.3 is 31.1 Å². The second-order valence-corrected chi connectivity index (χ2v) is 10.5. The maximum absolute atomic E-state index is 12.6. The van der Waals surface area contributed by atoms with Crippen LogP contribution in [-0.4, -0.2) is 52.3 Å². The first-order chi connectivity index (χ1) is 18.0. The van der Waals surface area contributed by atoms with E-state index in [1.165, 1.54) is 6.20 Å². The predicted molar refractivity (Wildman–Crippen MR) is 147 cm³/mol. The number of nitrogens with one attached hydrogen (secondary N) is 2. The standard InChI is InChI=1S/C29H35N5O4/c1-18-13-19(14-27(36)33-20(16-30)17-32-29(2,3)4)5-8-25(18)38-26-9-11-31-23-7-6-21(15-22(23)26)34-12-10-24(35)28(34)37/h5-9,11,13,15-17,23-24,31,35H,10,12,14,30H2,1-4H3,(H,33,36)/b20-16+,32-17?. The lowest BCUT2D eigenvalue weighted by Gasteiger charge is -2.28. The molecule has 200 valence electrons. The number of nitrogens with two attached hydrogens (primary N) is 1. The number of carbonyl (C=O) groups excluding carboxylic acids is 2. The average molecular weight is 518 g/mol. The van der Waals surface area contributed by atoms with E-state index < -0.39 is 6.10 Å². The van der Waals surface area contributed by atoms with Gasteiger partial charge in [0.25, 0.3) is 5.91 Å². The smallest absolute Gasteiger partial charge is 0.255 e. The number of fused-ring (bicyclic) bond motifs is 1. The van der Waals surface area contributed by atoms with Crippen molar-refractivity contribution in [3.05, 3.63) is 88.8 Å². The average Bonchev–Trinajstić information content (AvgIpc) is 3.20. The fourth-order valence-electron chi connectivity index (χ4n) is 4.30. The lowest BCUT2D eigenvalue weighted by molar-refractivity contribution is -0.132. The summed E-state index contributed by atoms with van der Waals surface area (Å²) < 4.78 is 6.30. The van der Waals surface area contributed by atoms with E-state index in [9.17, 15) is 14.7 Å². The molecule has 2 aliphatic heterocycles. The zero-order valence-corrected chi connectivity index (χ0v) is 22.2. The highest BCUT2D eigenvalue weighted by molar-refractivity contribution is 5.89. The summed E-state index contributed by atoms with van der Waals surface area (Å²) >= 11 is 0. The molecule has 0 bridgehead atoms. The van der Waals surface area contributed by atoms with E-state index >= 15 is 0 Å². The maximum atomic E-state index is 12.6. The molecule has 38 heavy (non-hydrogen) atoms. The van der Waals surface area contributed by atoms with E-state index in [1.807, 2.05) is 76.4 Å². The first kappa shape index (κ1) is 26.9. The highest BCUT2D eigenvalue weighted by atomic mass is 16.5. The van der Waals surface area contributed by atoms with Gasteiger partial charge in [-0.3, -0.25) is 14.6 Å². The van der Waals surface area contributed by atoms with E-state index in [1.54, 1.807) is 11.1 Å². The van der Waals surface area contributed by atoms with Gasteiger partial charge in [0.2, 0.25) is 5.91 Å². The number of nitrogens with zero attached hydrogens (tertiary/aromatic N) is 2. The maximum Gasteiger partial charge on any atom is 0.255 e. The Morgan fingerprint density at radius 3 is 2.79 bits per heavy atom. The Kier molecular flexibility index (Phi) is 7.87. The van der Waals surface area contributed by atoms with Crippen molar-refractivity contribution in [2.75, 3.05) is 6.54 Å². The van der Waals surface area contributed by atoms with Crippen molar-refractivity contribution in [1.82, 2.24) is 15.5 Å². The number of aliphatic imine (C=N–C) groups is 1. The van der Waals surface area contributed by atoms with Crippen LogP contribution in [0.15, 0.2) is 82.6 Å². The lowest BCUT2D eigenvalue weighted by Crippen LogP contribution is -2.34. The van der Waals surface area contributed by atoms with Crippen LogP contribution in [0.2, 0.25) is 0 Å². The second-order valence-electron chi connectivity index (χ2n) is 10.5. The number of aliphatic hydroxyl groups excluding tert-OH is 1. The van der Waals surface area contributed by atoms with Gasteiger partial charge in [-0.25, -0.2) is 0 Å². The molecule has 5 N–H and O–H groups in total. The zero-order chi connectivity index (χ0) is 27.4. The summed E-state index contributed by atoms with van der Waals surface area (Å²) in [5, 5.41) is 15.9. The van der Waals surface area contributed by atoms with E-state index in [2.05, 4.69) is 15.6 Å². The van der Waals surface area contributed by atoms with Crippen LogP contribution in [-0.2, 0) is 16.0 Å². The van der Waals surface area contributed by atoms with Crippen LogP contribution in [0, 0.1) is 6.92 Å². The van der Waals surface area contributed by atoms with Crippen molar-refractivity contribution in [2.45, 2.75) is 58.2 Å². The second kappa shape index (κ2) is 11.1. The minimum absolute atomic E-state index is 0.0868. The summed E-state index contributed by atoms with van der Waals surface area (Å²) in [5.41, 5.74) is 9.15. The van der Waals surface area contributed by atoms with E-state index in [0.717, 1.165) is 22.4 Å². The van der Waals surface area contributed by atoms with Gasteiger partial charge in [-0.2, -0.15) is 0 Å². The Hall–Kier alpha value is -4.11. The molecule has 0 spiro atoms. The molecule has 1 saturated heterocycles. The molecular weight excluding hydrogens is 482 g/mol. The fraction of sp³-hybridized carbons (Fsp3) is 0.345. The molecule has 0 saturated carbocycles. The van der Waals surface area contributed by atoms with Gasteiger partial charge in [-0.1, -0.05) is 18.2 Å². The molecule has 9 nitrogen and oxygen atoms in total. The molecule has 0 radical (unpaired) electrons. The largest absolute Gasteiger partial charge is 0.457 e. The topological polar surface area (TPSA) is 129 Å². The molecule has 2 amide bonds. The quantitative estimate of drug-likeness (QED) is 0.411. The summed E-state index contributed by atoms with van der Waals surface area (Å²) in [4.78, 5) is 30.9. The number of allylic oxidation sites excluding steroid dienone is 3. The number of aryl methyl sites for hydroxylation is 1. The van der Waals surface area contributed by atoms with Gasteiger partial charge in [-0.15, -0.1) is 0 Å². The van der Waals surface area contributed by atoms with Crippen LogP contribution >= 0.6 is 0 Å². The number of carbonyl (C=O) groups is 2. The van der Waals surface area contributed by atoms with E-state index in [4.69, 9.17) is 10.5 Å². The number of benzene rings is 1. The molecule has 1 fully saturated rings. The van der Waals surface area contributed by atoms with Crippen LogP contribution < -0.4 is 21.1 Å². The van der Waals surface area contributed by atoms with Crippen molar-refractivity contribution in [2.24, 2.45) is 10.7 Å². The third-order valence-electron chi connectivity index (χ3n) is 6.26. The third-order valence-corrected chi connectivity index (χ3v) is 6.26. The molecule has 1 aromatic rings. The summed E-state index contributed by atoms with van der Waals surface area (Å²) in [5.74, 6) is 0.844. The van der Waals surface area contributed by atoms with Crippen molar-refractivity contribution >= 4 is 18.0 Å². The molecule has 2 atom stereocenters. The first-order valence-electron chi connectivity index (χ1n) is 12.6. The van der Waals surface area contributed by atoms with Crippen molar-refractivity contribution in [1.29, 1.82) is 0 Å². The Bertz CT molecular complexity index is 1300. The van der Waals surface area contributed by atoms with Gasteiger partial charge in [0.05, 0.1) is 23.7 Å². The Labute approximate surface area is 223 Å². The number of hydrogen-bond donors (Lipinski definition) is 4. The molecule has 4 rings (SSSR count). The Balaban J connectivity index is 1.47. The highest BCUT2D eigenvalue weighted by Crippen LogP contribution is 2.30. The molecule has 1 aliphatic carbocycles. The summed E-state index contributed by atoms with van der Waals surface area (Å²) in [6, 6.07) is 5.54. The lowest BCUT2D eigenvalue weighted by atomic mass is 9.96. The van der Waals surface area contributed by atoms with Crippen LogP contribution in [0.25, 0.3) is 0 Å².